The summed E-state index contributed by atoms with van der Waals surface area (Å²) in [4.78, 5) is 4.03. The molecule has 0 aliphatic carbocycles. The molecule has 1 unspecified atom stereocenters. The maximum absolute atomic E-state index is 14.0. The third-order valence-corrected chi connectivity index (χ3v) is 5.53. The summed E-state index contributed by atoms with van der Waals surface area (Å²) < 4.78 is 19.5. The largest absolute Gasteiger partial charge is 0.496 e. The Morgan fingerprint density at radius 1 is 1.27 bits per heavy atom. The summed E-state index contributed by atoms with van der Waals surface area (Å²) in [6.07, 6.45) is 7.43. The molecule has 3 N–H and O–H groups in total. The number of rotatable bonds is 9. The van der Waals surface area contributed by atoms with E-state index in [0.717, 1.165) is 5.57 Å². The molecular formula is C25H37FN2O2. The van der Waals surface area contributed by atoms with Crippen molar-refractivity contribution in [3.63, 3.8) is 0 Å². The van der Waals surface area contributed by atoms with E-state index in [2.05, 4.69) is 11.6 Å². The van der Waals surface area contributed by atoms with Gasteiger partial charge in [-0.2, -0.15) is 0 Å². The van der Waals surface area contributed by atoms with Crippen LogP contribution in [0.4, 0.5) is 4.39 Å². The van der Waals surface area contributed by atoms with Gasteiger partial charge in [0.1, 0.15) is 11.6 Å². The van der Waals surface area contributed by atoms with Gasteiger partial charge in [-0.25, -0.2) is 4.39 Å². The fraction of sp³-hybridized carbons (Fsp3) is 0.480. The molecule has 0 saturated heterocycles. The van der Waals surface area contributed by atoms with E-state index in [1.165, 1.54) is 18.3 Å². The summed E-state index contributed by atoms with van der Waals surface area (Å²) in [5.41, 5.74) is 6.22. The molecule has 0 spiro atoms. The molecule has 1 rings (SSSR count). The molecule has 0 aliphatic heterocycles. The Labute approximate surface area is 181 Å². The predicted octanol–water partition coefficient (Wildman–Crippen LogP) is 5.67. The van der Waals surface area contributed by atoms with Gasteiger partial charge in [0.15, 0.2) is 0 Å². The van der Waals surface area contributed by atoms with Crippen molar-refractivity contribution in [2.75, 3.05) is 7.11 Å². The molecule has 0 fully saturated rings. The number of allylic oxidation sites excluding steroid dienone is 3. The van der Waals surface area contributed by atoms with E-state index in [-0.39, 0.29) is 12.2 Å². The molecule has 0 aromatic heterocycles. The van der Waals surface area contributed by atoms with Crippen molar-refractivity contribution in [2.45, 2.75) is 65.4 Å². The third kappa shape index (κ3) is 6.56. The fourth-order valence-electron chi connectivity index (χ4n) is 3.56. The Hall–Kier alpha value is -2.40. The van der Waals surface area contributed by atoms with Crippen LogP contribution in [-0.4, -0.2) is 24.0 Å². The zero-order valence-corrected chi connectivity index (χ0v) is 19.4. The highest BCUT2D eigenvalue weighted by Gasteiger charge is 2.45. The van der Waals surface area contributed by atoms with Crippen molar-refractivity contribution in [1.82, 2.24) is 0 Å². The number of halogens is 1. The van der Waals surface area contributed by atoms with E-state index in [1.807, 2.05) is 47.6 Å². The maximum atomic E-state index is 14.0. The Morgan fingerprint density at radius 3 is 2.40 bits per heavy atom. The lowest BCUT2D eigenvalue weighted by Gasteiger charge is -2.45. The van der Waals surface area contributed by atoms with Gasteiger partial charge in [-0.15, -0.1) is 0 Å². The lowest BCUT2D eigenvalue weighted by atomic mass is 9.64. The first kappa shape index (κ1) is 25.6. The summed E-state index contributed by atoms with van der Waals surface area (Å²) in [6, 6.07) is 4.47. The van der Waals surface area contributed by atoms with Crippen LogP contribution in [-0.2, 0) is 5.41 Å². The van der Waals surface area contributed by atoms with E-state index in [9.17, 15) is 9.50 Å². The van der Waals surface area contributed by atoms with Gasteiger partial charge in [-0.1, -0.05) is 47.3 Å². The molecule has 0 saturated carbocycles. The Kier molecular flexibility index (Phi) is 8.61. The molecule has 0 bridgehead atoms. The van der Waals surface area contributed by atoms with Crippen molar-refractivity contribution in [3.05, 3.63) is 65.8 Å². The quantitative estimate of drug-likeness (QED) is 0.402. The Bertz CT molecular complexity index is 832. The first-order valence-corrected chi connectivity index (χ1v) is 10.1. The van der Waals surface area contributed by atoms with Crippen molar-refractivity contribution in [1.29, 1.82) is 0 Å². The number of ether oxygens (including phenoxy) is 1. The smallest absolute Gasteiger partial charge is 0.123 e. The van der Waals surface area contributed by atoms with Crippen LogP contribution in [0.25, 0.3) is 0 Å². The highest BCUT2D eigenvalue weighted by atomic mass is 19.1. The van der Waals surface area contributed by atoms with Crippen molar-refractivity contribution >= 4 is 6.21 Å². The minimum absolute atomic E-state index is 0.261. The Morgan fingerprint density at radius 2 is 1.90 bits per heavy atom. The maximum Gasteiger partial charge on any atom is 0.123 e. The average Bonchev–Trinajstić information content (AvgIpc) is 2.63. The summed E-state index contributed by atoms with van der Waals surface area (Å²) >= 11 is 0. The second-order valence-electron chi connectivity index (χ2n) is 9.33. The molecule has 0 amide bonds. The number of aliphatic hydroxyl groups is 1. The molecular weight excluding hydrogens is 379 g/mol. The second kappa shape index (κ2) is 10.1. The van der Waals surface area contributed by atoms with Crippen LogP contribution in [0.15, 0.2) is 59.4 Å². The van der Waals surface area contributed by atoms with Crippen LogP contribution < -0.4 is 10.5 Å². The van der Waals surface area contributed by atoms with Gasteiger partial charge in [0.2, 0.25) is 0 Å². The minimum atomic E-state index is -1.15. The highest BCUT2D eigenvalue weighted by Crippen LogP contribution is 2.46. The second-order valence-corrected chi connectivity index (χ2v) is 9.33. The molecule has 1 atom stereocenters. The van der Waals surface area contributed by atoms with Crippen molar-refractivity contribution in [2.24, 2.45) is 16.1 Å². The third-order valence-electron chi connectivity index (χ3n) is 5.53. The monoisotopic (exact) mass is 416 g/mol. The molecule has 166 valence electrons. The van der Waals surface area contributed by atoms with E-state index in [0.29, 0.717) is 23.4 Å². The average molecular weight is 417 g/mol. The van der Waals surface area contributed by atoms with Gasteiger partial charge in [0, 0.05) is 30.1 Å². The summed E-state index contributed by atoms with van der Waals surface area (Å²) in [5.74, 6) is 0.259. The zero-order valence-electron chi connectivity index (χ0n) is 19.4. The first-order valence-electron chi connectivity index (χ1n) is 10.1. The number of aliphatic imine (C=N–C) groups is 1. The Balaban J connectivity index is 3.34. The number of methoxy groups -OCH3 is 1. The minimum Gasteiger partial charge on any atom is -0.496 e. The molecule has 0 radical (unpaired) electrons. The van der Waals surface area contributed by atoms with Gasteiger partial charge < -0.3 is 15.6 Å². The number of hydrogen-bond donors (Lipinski definition) is 2. The van der Waals surface area contributed by atoms with Crippen LogP contribution >= 0.6 is 0 Å². The highest BCUT2D eigenvalue weighted by molar-refractivity contribution is 5.82. The van der Waals surface area contributed by atoms with Gasteiger partial charge in [-0.3, -0.25) is 4.99 Å². The SMILES string of the molecule is C=CN=CC(=C\C)/C=C(\N)CC(O)(CC(C)(C)c1cc(F)ccc1OC)C(C)(C)C. The number of hydrogen-bond acceptors (Lipinski definition) is 4. The lowest BCUT2D eigenvalue weighted by molar-refractivity contribution is -0.0772. The van der Waals surface area contributed by atoms with E-state index in [4.69, 9.17) is 10.5 Å². The summed E-state index contributed by atoms with van der Waals surface area (Å²) in [6.45, 7) is 15.4. The van der Waals surface area contributed by atoms with E-state index in [1.54, 1.807) is 25.5 Å². The molecule has 0 aliphatic rings. The van der Waals surface area contributed by atoms with Crippen LogP contribution in [0, 0.1) is 11.2 Å². The van der Waals surface area contributed by atoms with Crippen LogP contribution in [0.3, 0.4) is 0 Å². The van der Waals surface area contributed by atoms with Gasteiger partial charge in [0.25, 0.3) is 0 Å². The molecule has 0 heterocycles. The number of nitrogens with two attached hydrogens (primary N) is 1. The van der Waals surface area contributed by atoms with Crippen LogP contribution in [0.1, 0.15) is 59.9 Å². The van der Waals surface area contributed by atoms with Gasteiger partial charge in [0.05, 0.1) is 12.7 Å². The fourth-order valence-corrected chi connectivity index (χ4v) is 3.56. The summed E-state index contributed by atoms with van der Waals surface area (Å²) in [5, 5.41) is 11.8. The summed E-state index contributed by atoms with van der Waals surface area (Å²) in [7, 11) is 1.56. The number of nitrogens with zero attached hydrogens (tertiary/aromatic N) is 1. The molecule has 4 nitrogen and oxygen atoms in total. The molecule has 1 aromatic carbocycles. The van der Waals surface area contributed by atoms with Crippen molar-refractivity contribution < 1.29 is 14.2 Å². The standard InChI is InChI=1S/C25H37FN2O2/c1-9-18(16-28-10-2)13-20(27)15-25(29,23(3,4)5)17-24(6,7)21-14-19(26)11-12-22(21)30-8/h9-14,16,29H,2,15,17,27H2,1,3-8H3/b18-9-,20-13-,28-16?. The first-order chi connectivity index (χ1) is 13.8. The van der Waals surface area contributed by atoms with E-state index >= 15 is 0 Å². The molecule has 5 heteroatoms. The predicted molar refractivity (Wildman–Crippen MR) is 124 cm³/mol. The topological polar surface area (TPSA) is 67.8 Å². The molecule has 1 aromatic rings. The lowest BCUT2D eigenvalue weighted by Crippen LogP contribution is -2.48. The van der Waals surface area contributed by atoms with Crippen molar-refractivity contribution in [3.8, 4) is 5.75 Å². The van der Waals surface area contributed by atoms with Gasteiger partial charge >= 0.3 is 0 Å². The van der Waals surface area contributed by atoms with Gasteiger partial charge in [-0.05, 0) is 54.0 Å². The van der Waals surface area contributed by atoms with Crippen LogP contribution in [0.2, 0.25) is 0 Å². The molecule has 30 heavy (non-hydrogen) atoms. The van der Waals surface area contributed by atoms with Crippen LogP contribution in [0.5, 0.6) is 5.75 Å². The van der Waals surface area contributed by atoms with E-state index < -0.39 is 16.4 Å². The zero-order chi connectivity index (χ0) is 23.2. The normalized spacial score (nSPS) is 15.9. The number of benzene rings is 1.